The van der Waals surface area contributed by atoms with Gasteiger partial charge in [-0.15, -0.1) is 11.3 Å². The lowest BCUT2D eigenvalue weighted by Gasteiger charge is -2.22. The molecule has 7 heteroatoms. The molecule has 2 N–H and O–H groups in total. The van der Waals surface area contributed by atoms with Crippen molar-refractivity contribution in [3.8, 4) is 0 Å². The molecule has 0 amide bonds. The van der Waals surface area contributed by atoms with Crippen molar-refractivity contribution in [1.29, 1.82) is 0 Å². The molecular formula is C11H17NO4S2. The topological polar surface area (TPSA) is 75.6 Å². The lowest BCUT2D eigenvalue weighted by molar-refractivity contribution is 0.0200. The summed E-state index contributed by atoms with van der Waals surface area (Å²) in [6, 6.07) is 3.14. The molecular weight excluding hydrogens is 274 g/mol. The first kappa shape index (κ1) is 14.0. The van der Waals surface area contributed by atoms with E-state index in [1.54, 1.807) is 6.07 Å². The number of ether oxygens (including phenoxy) is 1. The Morgan fingerprint density at radius 3 is 2.89 bits per heavy atom. The molecule has 0 bridgehead atoms. The Morgan fingerprint density at radius 1 is 1.44 bits per heavy atom. The molecule has 2 rings (SSSR count). The minimum Gasteiger partial charge on any atom is -0.391 e. The zero-order valence-corrected chi connectivity index (χ0v) is 11.6. The molecule has 1 aliphatic rings. The summed E-state index contributed by atoms with van der Waals surface area (Å²) in [4.78, 5) is 0.643. The van der Waals surface area contributed by atoms with E-state index in [9.17, 15) is 8.42 Å². The molecule has 0 aromatic carbocycles. The highest BCUT2D eigenvalue weighted by Crippen LogP contribution is 2.21. The zero-order chi connectivity index (χ0) is 13.0. The summed E-state index contributed by atoms with van der Waals surface area (Å²) in [6.07, 6.45) is 3.01. The van der Waals surface area contributed by atoms with E-state index in [2.05, 4.69) is 4.72 Å². The van der Waals surface area contributed by atoms with Crippen LogP contribution in [0.3, 0.4) is 0 Å². The van der Waals surface area contributed by atoms with E-state index in [1.165, 1.54) is 6.07 Å². The van der Waals surface area contributed by atoms with Crippen LogP contribution < -0.4 is 4.72 Å². The molecule has 18 heavy (non-hydrogen) atoms. The predicted molar refractivity (Wildman–Crippen MR) is 69.0 cm³/mol. The Hall–Kier alpha value is -0.470. The van der Waals surface area contributed by atoms with Crippen LogP contribution in [0.15, 0.2) is 16.3 Å². The van der Waals surface area contributed by atoms with Gasteiger partial charge in [0.2, 0.25) is 10.0 Å². The quantitative estimate of drug-likeness (QED) is 0.851. The summed E-state index contributed by atoms with van der Waals surface area (Å²) in [5.74, 6) is 0. The summed E-state index contributed by atoms with van der Waals surface area (Å²) in [5.41, 5.74) is 0. The molecule has 0 spiro atoms. The first-order valence-electron chi connectivity index (χ1n) is 5.92. The van der Waals surface area contributed by atoms with Gasteiger partial charge in [0.1, 0.15) is 4.21 Å². The third kappa shape index (κ3) is 3.52. The number of nitrogens with one attached hydrogen (secondary N) is 1. The fraction of sp³-hybridized carbons (Fsp3) is 0.636. The molecule has 1 aromatic rings. The van der Waals surface area contributed by atoms with Gasteiger partial charge in [0.15, 0.2) is 0 Å². The van der Waals surface area contributed by atoms with E-state index in [0.29, 0.717) is 18.0 Å². The van der Waals surface area contributed by atoms with E-state index in [0.717, 1.165) is 30.6 Å². The van der Waals surface area contributed by atoms with Gasteiger partial charge in [-0.3, -0.25) is 0 Å². The molecule has 2 heterocycles. The number of aliphatic hydroxyl groups excluding tert-OH is 1. The minimum atomic E-state index is -3.47. The van der Waals surface area contributed by atoms with Gasteiger partial charge in [0, 0.05) is 18.0 Å². The van der Waals surface area contributed by atoms with E-state index < -0.39 is 10.0 Å². The van der Waals surface area contributed by atoms with Crippen molar-refractivity contribution in [2.45, 2.75) is 36.2 Å². The van der Waals surface area contributed by atoms with Crippen molar-refractivity contribution in [3.63, 3.8) is 0 Å². The van der Waals surface area contributed by atoms with Crippen LogP contribution in [0.25, 0.3) is 0 Å². The van der Waals surface area contributed by atoms with Crippen LogP contribution in [0.5, 0.6) is 0 Å². The Morgan fingerprint density at radius 2 is 2.28 bits per heavy atom. The molecule has 1 unspecified atom stereocenters. The van der Waals surface area contributed by atoms with Gasteiger partial charge < -0.3 is 9.84 Å². The van der Waals surface area contributed by atoms with Gasteiger partial charge in [0.25, 0.3) is 0 Å². The average molecular weight is 291 g/mol. The second-order valence-corrected chi connectivity index (χ2v) is 7.38. The third-order valence-electron chi connectivity index (χ3n) is 2.83. The van der Waals surface area contributed by atoms with Crippen molar-refractivity contribution in [2.24, 2.45) is 0 Å². The molecule has 1 aliphatic heterocycles. The van der Waals surface area contributed by atoms with Gasteiger partial charge in [-0.2, -0.15) is 0 Å². The molecule has 1 saturated heterocycles. The van der Waals surface area contributed by atoms with Crippen LogP contribution in [0, 0.1) is 0 Å². The summed E-state index contributed by atoms with van der Waals surface area (Å²) in [5, 5.41) is 8.93. The second kappa shape index (κ2) is 6.12. The van der Waals surface area contributed by atoms with Crippen molar-refractivity contribution < 1.29 is 18.3 Å². The predicted octanol–water partition coefficient (Wildman–Crippen LogP) is 1.09. The summed E-state index contributed by atoms with van der Waals surface area (Å²) >= 11 is 1.09. The summed E-state index contributed by atoms with van der Waals surface area (Å²) in [6.45, 7) is 0.890. The zero-order valence-electron chi connectivity index (χ0n) is 9.96. The van der Waals surface area contributed by atoms with E-state index in [4.69, 9.17) is 9.84 Å². The number of thiophene rings is 1. The van der Waals surface area contributed by atoms with Crippen LogP contribution in [0.4, 0.5) is 0 Å². The Bertz CT molecular complexity index is 477. The number of aliphatic hydroxyl groups is 1. The standard InChI is InChI=1S/C11H17NO4S2/c13-8-10-4-5-11(17-10)18(14,15)12-7-9-3-1-2-6-16-9/h4-5,9,12-13H,1-3,6-8H2. The maximum absolute atomic E-state index is 12.0. The van der Waals surface area contributed by atoms with Crippen LogP contribution in [0.1, 0.15) is 24.1 Å². The lowest BCUT2D eigenvalue weighted by Crippen LogP contribution is -2.35. The molecule has 1 atom stereocenters. The number of hydrogen-bond acceptors (Lipinski definition) is 5. The highest BCUT2D eigenvalue weighted by Gasteiger charge is 2.20. The fourth-order valence-corrected chi connectivity index (χ4v) is 4.16. The number of hydrogen-bond donors (Lipinski definition) is 2. The smallest absolute Gasteiger partial charge is 0.250 e. The van der Waals surface area contributed by atoms with Gasteiger partial charge in [-0.05, 0) is 31.4 Å². The maximum atomic E-state index is 12.0. The molecule has 1 fully saturated rings. The normalized spacial score (nSPS) is 21.1. The average Bonchev–Trinajstić information content (AvgIpc) is 2.87. The SMILES string of the molecule is O=S(=O)(NCC1CCCCO1)c1ccc(CO)s1. The maximum Gasteiger partial charge on any atom is 0.250 e. The fourth-order valence-electron chi connectivity index (χ4n) is 1.83. The second-order valence-electron chi connectivity index (χ2n) is 4.22. The van der Waals surface area contributed by atoms with Crippen LogP contribution in [-0.4, -0.2) is 32.8 Å². The summed E-state index contributed by atoms with van der Waals surface area (Å²) < 4.78 is 32.2. The van der Waals surface area contributed by atoms with Crippen LogP contribution in [0.2, 0.25) is 0 Å². The number of rotatable bonds is 5. The van der Waals surface area contributed by atoms with Crippen LogP contribution in [-0.2, 0) is 21.4 Å². The minimum absolute atomic E-state index is 0.0224. The Kier molecular flexibility index (Phi) is 4.74. The Labute approximate surface area is 111 Å². The lowest BCUT2D eigenvalue weighted by atomic mass is 10.1. The van der Waals surface area contributed by atoms with Crippen molar-refractivity contribution in [1.82, 2.24) is 4.72 Å². The molecule has 5 nitrogen and oxygen atoms in total. The molecule has 102 valence electrons. The van der Waals surface area contributed by atoms with E-state index in [1.807, 2.05) is 0 Å². The largest absolute Gasteiger partial charge is 0.391 e. The van der Waals surface area contributed by atoms with E-state index >= 15 is 0 Å². The van der Waals surface area contributed by atoms with Crippen LogP contribution >= 0.6 is 11.3 Å². The third-order valence-corrected chi connectivity index (χ3v) is 5.82. The molecule has 0 aliphatic carbocycles. The number of sulfonamides is 1. The molecule has 1 aromatic heterocycles. The highest BCUT2D eigenvalue weighted by atomic mass is 32.2. The summed E-state index contributed by atoms with van der Waals surface area (Å²) in [7, 11) is -3.47. The van der Waals surface area contributed by atoms with Gasteiger partial charge in [-0.1, -0.05) is 0 Å². The van der Waals surface area contributed by atoms with Crippen molar-refractivity contribution >= 4 is 21.4 Å². The monoisotopic (exact) mass is 291 g/mol. The highest BCUT2D eigenvalue weighted by molar-refractivity contribution is 7.91. The molecule has 0 saturated carbocycles. The van der Waals surface area contributed by atoms with Crippen molar-refractivity contribution in [3.05, 3.63) is 17.0 Å². The van der Waals surface area contributed by atoms with Gasteiger partial charge in [0.05, 0.1) is 12.7 Å². The molecule has 0 radical (unpaired) electrons. The first-order chi connectivity index (χ1) is 8.62. The van der Waals surface area contributed by atoms with Gasteiger partial charge >= 0.3 is 0 Å². The Balaban J connectivity index is 1.94. The van der Waals surface area contributed by atoms with Gasteiger partial charge in [-0.25, -0.2) is 13.1 Å². The first-order valence-corrected chi connectivity index (χ1v) is 8.22. The van der Waals surface area contributed by atoms with Crippen molar-refractivity contribution in [2.75, 3.05) is 13.2 Å². The van der Waals surface area contributed by atoms with E-state index in [-0.39, 0.29) is 16.9 Å².